The molecule has 0 amide bonds. The summed E-state index contributed by atoms with van der Waals surface area (Å²) in [7, 11) is 0. The molecule has 6 nitrogen and oxygen atoms in total. The van der Waals surface area contributed by atoms with E-state index < -0.39 is 0 Å². The molecule has 4 heterocycles. The summed E-state index contributed by atoms with van der Waals surface area (Å²) in [5, 5.41) is 2.13. The lowest BCUT2D eigenvalue weighted by Gasteiger charge is -2.10. The fourth-order valence-electron chi connectivity index (χ4n) is 6.85. The van der Waals surface area contributed by atoms with Crippen LogP contribution in [0.5, 0.6) is 0 Å². The Labute approximate surface area is 299 Å². The van der Waals surface area contributed by atoms with Crippen molar-refractivity contribution in [3.63, 3.8) is 0 Å². The Hall–Kier alpha value is -7.18. The summed E-state index contributed by atoms with van der Waals surface area (Å²) >= 11 is 0. The molecule has 0 radical (unpaired) electrons. The summed E-state index contributed by atoms with van der Waals surface area (Å²) in [6.45, 7) is 0. The van der Waals surface area contributed by atoms with Crippen molar-refractivity contribution in [3.05, 3.63) is 170 Å². The van der Waals surface area contributed by atoms with Crippen LogP contribution < -0.4 is 0 Å². The van der Waals surface area contributed by atoms with E-state index >= 15 is 0 Å². The van der Waals surface area contributed by atoms with Gasteiger partial charge in [-0.25, -0.2) is 19.9 Å². The number of fused-ring (bicyclic) bond motifs is 6. The molecular weight excluding hydrogens is 637 g/mol. The molecule has 0 N–H and O–H groups in total. The third-order valence-electron chi connectivity index (χ3n) is 9.53. The molecule has 6 aromatic carbocycles. The first-order valence-electron chi connectivity index (χ1n) is 17.2. The van der Waals surface area contributed by atoms with Crippen LogP contribution >= 0.6 is 0 Å². The van der Waals surface area contributed by atoms with Crippen LogP contribution in [0, 0.1) is 0 Å². The average molecular weight is 665 g/mol. The Morgan fingerprint density at radius 3 is 1.19 bits per heavy atom. The van der Waals surface area contributed by atoms with Crippen LogP contribution in [0.15, 0.2) is 170 Å². The first-order valence-corrected chi connectivity index (χ1v) is 17.2. The third-order valence-corrected chi connectivity index (χ3v) is 9.53. The third kappa shape index (κ3) is 5.30. The number of hydrogen-bond donors (Lipinski definition) is 0. The van der Waals surface area contributed by atoms with Crippen LogP contribution in [0.4, 0.5) is 0 Å². The van der Waals surface area contributed by atoms with Crippen molar-refractivity contribution in [2.75, 3.05) is 0 Å². The van der Waals surface area contributed by atoms with Gasteiger partial charge in [-0.3, -0.25) is 9.97 Å². The monoisotopic (exact) mass is 664 g/mol. The molecule has 0 atom stereocenters. The van der Waals surface area contributed by atoms with E-state index in [-0.39, 0.29) is 0 Å². The molecule has 0 aliphatic carbocycles. The summed E-state index contributed by atoms with van der Waals surface area (Å²) in [4.78, 5) is 29.9. The lowest BCUT2D eigenvalue weighted by atomic mass is 9.98. The van der Waals surface area contributed by atoms with Gasteiger partial charge in [-0.1, -0.05) is 121 Å². The molecule has 52 heavy (non-hydrogen) atoms. The van der Waals surface area contributed by atoms with Crippen LogP contribution in [0.25, 0.3) is 100 Å². The Bertz CT molecular complexity index is 2760. The standard InChI is InChI=1S/C46H28N6/c1-3-9-29(10-4-1)37-21-19-31-17-18-32-20-22-38(50-44(32)43(31)49-37)35-15-7-13-33(25-35)34-14-8-16-36(26-34)42-28-48-40-24-23-39-45(46(40)52-42)51-41(27-47-39)30-11-5-2-6-12-30/h1-28H. The van der Waals surface area contributed by atoms with Crippen molar-refractivity contribution in [1.82, 2.24) is 29.9 Å². The van der Waals surface area contributed by atoms with Gasteiger partial charge in [0.2, 0.25) is 0 Å². The smallest absolute Gasteiger partial charge is 0.117 e. The molecule has 0 unspecified atom stereocenters. The van der Waals surface area contributed by atoms with Gasteiger partial charge >= 0.3 is 0 Å². The van der Waals surface area contributed by atoms with E-state index in [2.05, 4.69) is 97.1 Å². The highest BCUT2D eigenvalue weighted by Crippen LogP contribution is 2.33. The predicted molar refractivity (Wildman–Crippen MR) is 210 cm³/mol. The summed E-state index contributed by atoms with van der Waals surface area (Å²) in [5.41, 5.74) is 14.5. The van der Waals surface area contributed by atoms with E-state index in [1.807, 2.05) is 73.1 Å². The lowest BCUT2D eigenvalue weighted by molar-refractivity contribution is 1.26. The Morgan fingerprint density at radius 2 is 0.654 bits per heavy atom. The second-order valence-electron chi connectivity index (χ2n) is 12.8. The molecule has 0 aliphatic rings. The molecule has 0 fully saturated rings. The van der Waals surface area contributed by atoms with E-state index in [1.54, 1.807) is 0 Å². The maximum absolute atomic E-state index is 5.20. The van der Waals surface area contributed by atoms with Gasteiger partial charge in [-0.05, 0) is 47.5 Å². The Morgan fingerprint density at radius 1 is 0.269 bits per heavy atom. The SMILES string of the molecule is c1ccc(-c2ccc3ccc4ccc(-c5cccc(-c6cccc(-c7cnc8ccc9ncc(-c%10ccccc%10)nc9c8n7)c6)c5)nc4c3n2)cc1. The van der Waals surface area contributed by atoms with E-state index in [1.165, 1.54) is 0 Å². The van der Waals surface area contributed by atoms with Gasteiger partial charge in [-0.2, -0.15) is 0 Å². The van der Waals surface area contributed by atoms with Crippen molar-refractivity contribution in [2.45, 2.75) is 0 Å². The first kappa shape index (κ1) is 29.7. The van der Waals surface area contributed by atoms with Crippen LogP contribution in [0.3, 0.4) is 0 Å². The molecule has 0 aliphatic heterocycles. The van der Waals surface area contributed by atoms with Crippen molar-refractivity contribution in [3.8, 4) is 56.2 Å². The maximum atomic E-state index is 5.20. The largest absolute Gasteiger partial charge is 0.252 e. The highest BCUT2D eigenvalue weighted by molar-refractivity contribution is 6.04. The minimum atomic E-state index is 0.730. The highest BCUT2D eigenvalue weighted by Gasteiger charge is 2.13. The maximum Gasteiger partial charge on any atom is 0.117 e. The number of aromatic nitrogens is 6. The van der Waals surface area contributed by atoms with Crippen molar-refractivity contribution in [2.24, 2.45) is 0 Å². The fourth-order valence-corrected chi connectivity index (χ4v) is 6.85. The second-order valence-corrected chi connectivity index (χ2v) is 12.8. The zero-order chi connectivity index (χ0) is 34.4. The molecule has 242 valence electrons. The second kappa shape index (κ2) is 12.3. The molecule has 10 aromatic rings. The molecule has 4 aromatic heterocycles. The van der Waals surface area contributed by atoms with Gasteiger partial charge in [0.05, 0.1) is 57.2 Å². The Kier molecular flexibility index (Phi) is 7.03. The Balaban J connectivity index is 1.02. The lowest BCUT2D eigenvalue weighted by Crippen LogP contribution is -1.94. The topological polar surface area (TPSA) is 77.3 Å². The fraction of sp³-hybridized carbons (Fsp3) is 0. The van der Waals surface area contributed by atoms with E-state index in [0.29, 0.717) is 0 Å². The van der Waals surface area contributed by atoms with Gasteiger partial charge in [0.1, 0.15) is 11.0 Å². The normalized spacial score (nSPS) is 11.5. The number of nitrogens with zero attached hydrogens (tertiary/aromatic N) is 6. The number of hydrogen-bond acceptors (Lipinski definition) is 6. The predicted octanol–water partition coefficient (Wildman–Crippen LogP) is 11.0. The highest BCUT2D eigenvalue weighted by atomic mass is 14.9. The summed E-state index contributed by atoms with van der Waals surface area (Å²) in [5.74, 6) is 0. The van der Waals surface area contributed by atoms with Gasteiger partial charge in [0.25, 0.3) is 0 Å². The summed E-state index contributed by atoms with van der Waals surface area (Å²) in [6.07, 6.45) is 3.64. The van der Waals surface area contributed by atoms with Gasteiger partial charge < -0.3 is 0 Å². The zero-order valence-corrected chi connectivity index (χ0v) is 27.8. The van der Waals surface area contributed by atoms with Crippen LogP contribution in [0.1, 0.15) is 0 Å². The van der Waals surface area contributed by atoms with Crippen LogP contribution in [-0.4, -0.2) is 29.9 Å². The summed E-state index contributed by atoms with van der Waals surface area (Å²) < 4.78 is 0. The molecule has 10 rings (SSSR count). The average Bonchev–Trinajstić information content (AvgIpc) is 3.23. The van der Waals surface area contributed by atoms with Gasteiger partial charge in [0, 0.05) is 33.0 Å². The van der Waals surface area contributed by atoms with Crippen molar-refractivity contribution in [1.29, 1.82) is 0 Å². The van der Waals surface area contributed by atoms with Crippen molar-refractivity contribution >= 4 is 43.9 Å². The minimum Gasteiger partial charge on any atom is -0.252 e. The van der Waals surface area contributed by atoms with Crippen LogP contribution in [-0.2, 0) is 0 Å². The van der Waals surface area contributed by atoms with Gasteiger partial charge in [-0.15, -0.1) is 0 Å². The zero-order valence-electron chi connectivity index (χ0n) is 27.8. The molecule has 6 heteroatoms. The quantitative estimate of drug-likeness (QED) is 0.170. The van der Waals surface area contributed by atoms with Crippen molar-refractivity contribution < 1.29 is 0 Å². The molecule has 0 saturated carbocycles. The first-order chi connectivity index (χ1) is 25.7. The minimum absolute atomic E-state index is 0.730. The number of rotatable bonds is 5. The molecule has 0 bridgehead atoms. The van der Waals surface area contributed by atoms with E-state index in [4.69, 9.17) is 29.9 Å². The van der Waals surface area contributed by atoms with Crippen LogP contribution in [0.2, 0.25) is 0 Å². The number of pyridine rings is 2. The summed E-state index contributed by atoms with van der Waals surface area (Å²) in [6, 6.07) is 53.9. The van der Waals surface area contributed by atoms with E-state index in [9.17, 15) is 0 Å². The van der Waals surface area contributed by atoms with E-state index in [0.717, 1.165) is 100 Å². The molecular formula is C46H28N6. The molecule has 0 saturated heterocycles. The number of benzene rings is 6. The molecule has 0 spiro atoms. The van der Waals surface area contributed by atoms with Gasteiger partial charge in [0.15, 0.2) is 0 Å².